The van der Waals surface area contributed by atoms with Crippen LogP contribution in [0.3, 0.4) is 0 Å². The van der Waals surface area contributed by atoms with E-state index in [4.69, 9.17) is 38.3 Å². The van der Waals surface area contributed by atoms with Crippen molar-refractivity contribution in [3.05, 3.63) is 32.6 Å². The van der Waals surface area contributed by atoms with Crippen molar-refractivity contribution in [2.75, 3.05) is 59.8 Å². The zero-order valence-electron chi connectivity index (χ0n) is 24.6. The lowest BCUT2D eigenvalue weighted by molar-refractivity contribution is -0.132. The standard InChI is InChI=1S/C24H42N6O10P2/c1-6-37-42(34,38-7-2)14-9-18-20(40-41(26)36-13-8-10-25)21(35-16-19(31)27-11-12-29(4)5)23(39-18)30-15-17(3)22(32)28-24(30)33/h15,18,20-21,23H,6-9,11-14,16,26H2,1-5H3,(H,27,31)(H,28,32,33)/t18-,20-,21-,23-,41?/m1/s1. The molecular weight excluding hydrogens is 594 g/mol. The highest BCUT2D eigenvalue weighted by Gasteiger charge is 2.49. The number of nitrogens with zero attached hydrogens (tertiary/aromatic N) is 3. The summed E-state index contributed by atoms with van der Waals surface area (Å²) in [5, 5.41) is 11.6. The third-order valence-electron chi connectivity index (χ3n) is 5.99. The molecule has 1 aliphatic heterocycles. The highest BCUT2D eigenvalue weighted by Crippen LogP contribution is 2.50. The van der Waals surface area contributed by atoms with Crippen molar-refractivity contribution in [1.29, 1.82) is 5.26 Å². The fraction of sp³-hybridized carbons (Fsp3) is 0.750. The molecule has 42 heavy (non-hydrogen) atoms. The van der Waals surface area contributed by atoms with Crippen LogP contribution >= 0.6 is 16.1 Å². The number of hydrogen-bond donors (Lipinski definition) is 3. The second-order valence-corrected chi connectivity index (χ2v) is 12.8. The molecule has 1 amide bonds. The predicted molar refractivity (Wildman–Crippen MR) is 154 cm³/mol. The van der Waals surface area contributed by atoms with Gasteiger partial charge in [0.2, 0.25) is 5.91 Å². The van der Waals surface area contributed by atoms with Crippen molar-refractivity contribution in [2.45, 2.75) is 58.2 Å². The van der Waals surface area contributed by atoms with Crippen LogP contribution in [0.5, 0.6) is 0 Å². The van der Waals surface area contributed by atoms with E-state index in [0.717, 1.165) is 4.57 Å². The molecular formula is C24H42N6O10P2. The van der Waals surface area contributed by atoms with Gasteiger partial charge in [-0.3, -0.25) is 29.2 Å². The van der Waals surface area contributed by atoms with E-state index >= 15 is 0 Å². The number of likely N-dealkylation sites (N-methyl/N-ethyl adjacent to an activating group) is 1. The van der Waals surface area contributed by atoms with E-state index in [1.54, 1.807) is 13.8 Å². The maximum absolute atomic E-state index is 13.2. The van der Waals surface area contributed by atoms with Crippen LogP contribution in [0.2, 0.25) is 0 Å². The Labute approximate surface area is 246 Å². The summed E-state index contributed by atoms with van der Waals surface area (Å²) in [7, 11) is -1.81. The van der Waals surface area contributed by atoms with Crippen LogP contribution in [0.15, 0.2) is 15.8 Å². The molecule has 0 radical (unpaired) electrons. The van der Waals surface area contributed by atoms with E-state index in [9.17, 15) is 18.9 Å². The van der Waals surface area contributed by atoms with Crippen LogP contribution in [-0.2, 0) is 36.9 Å². The van der Waals surface area contributed by atoms with Crippen molar-refractivity contribution in [2.24, 2.45) is 5.50 Å². The number of ether oxygens (including phenoxy) is 2. The SMILES string of the molecule is CCOP(=O)(CC[C@H]1O[C@@H](n2cc(C)c(=O)[nH]c2=O)[C@H](OCC(=O)NCCN(C)C)[C@@H]1OP(N)OCCC#N)OCC. The lowest BCUT2D eigenvalue weighted by Gasteiger charge is -2.27. The molecule has 1 unspecified atom stereocenters. The molecule has 0 spiro atoms. The number of nitrogens with one attached hydrogen (secondary N) is 2. The van der Waals surface area contributed by atoms with Crippen molar-refractivity contribution in [3.8, 4) is 6.07 Å². The molecule has 2 heterocycles. The van der Waals surface area contributed by atoms with Gasteiger partial charge in [-0.05, 0) is 41.3 Å². The van der Waals surface area contributed by atoms with Crippen LogP contribution in [0.25, 0.3) is 0 Å². The summed E-state index contributed by atoms with van der Waals surface area (Å²) in [6.07, 6.45) is -2.73. The third kappa shape index (κ3) is 11.2. The van der Waals surface area contributed by atoms with E-state index in [-0.39, 0.29) is 44.4 Å². The van der Waals surface area contributed by atoms with Crippen molar-refractivity contribution in [3.63, 3.8) is 0 Å². The molecule has 1 aliphatic rings. The molecule has 1 saturated heterocycles. The molecule has 5 atom stereocenters. The number of rotatable bonds is 19. The number of carbonyl (C=O) groups excluding carboxylic acids is 1. The van der Waals surface area contributed by atoms with E-state index in [1.165, 1.54) is 13.1 Å². The van der Waals surface area contributed by atoms with Crippen molar-refractivity contribution in [1.82, 2.24) is 19.8 Å². The number of nitrogens with two attached hydrogens (primary N) is 1. The first-order valence-corrected chi connectivity index (χ1v) is 16.5. The van der Waals surface area contributed by atoms with Crippen LogP contribution in [0, 0.1) is 18.3 Å². The number of aromatic nitrogens is 2. The Bertz CT molecular complexity index is 1200. The van der Waals surface area contributed by atoms with Crippen molar-refractivity contribution < 1.29 is 36.9 Å². The lowest BCUT2D eigenvalue weighted by Crippen LogP contribution is -2.42. The van der Waals surface area contributed by atoms with Gasteiger partial charge in [0.05, 0.1) is 44.6 Å². The van der Waals surface area contributed by atoms with Gasteiger partial charge in [-0.15, -0.1) is 0 Å². The molecule has 0 aliphatic carbocycles. The average Bonchev–Trinajstić information content (AvgIpc) is 3.25. The molecule has 16 nitrogen and oxygen atoms in total. The van der Waals surface area contributed by atoms with Gasteiger partial charge in [0.15, 0.2) is 6.23 Å². The molecule has 0 aromatic carbocycles. The van der Waals surface area contributed by atoms with Gasteiger partial charge >= 0.3 is 13.3 Å². The summed E-state index contributed by atoms with van der Waals surface area (Å²) in [6, 6.07) is 1.95. The Morgan fingerprint density at radius 3 is 2.60 bits per heavy atom. The number of aryl methyl sites for hydroxylation is 1. The van der Waals surface area contributed by atoms with Gasteiger partial charge in [0.25, 0.3) is 14.1 Å². The fourth-order valence-electron chi connectivity index (χ4n) is 4.06. The number of hydrogen-bond acceptors (Lipinski definition) is 13. The van der Waals surface area contributed by atoms with Crippen LogP contribution in [0.4, 0.5) is 0 Å². The molecule has 18 heteroatoms. The molecule has 1 fully saturated rings. The molecule has 4 N–H and O–H groups in total. The zero-order chi connectivity index (χ0) is 31.3. The molecule has 2 rings (SSSR count). The lowest BCUT2D eigenvalue weighted by atomic mass is 10.1. The molecule has 1 aromatic heterocycles. The van der Waals surface area contributed by atoms with Gasteiger partial charge in [-0.1, -0.05) is 0 Å². The Morgan fingerprint density at radius 2 is 1.98 bits per heavy atom. The molecule has 1 aromatic rings. The van der Waals surface area contributed by atoms with Crippen LogP contribution in [-0.4, -0.2) is 98.4 Å². The molecule has 238 valence electrons. The minimum atomic E-state index is -3.50. The van der Waals surface area contributed by atoms with E-state index in [0.29, 0.717) is 13.1 Å². The smallest absolute Gasteiger partial charge is 0.330 e. The number of aromatic amines is 1. The monoisotopic (exact) mass is 636 g/mol. The summed E-state index contributed by atoms with van der Waals surface area (Å²) in [5.74, 6) is -0.416. The van der Waals surface area contributed by atoms with Crippen LogP contribution in [0.1, 0.15) is 38.5 Å². The minimum absolute atomic E-state index is 0.0165. The first kappa shape index (κ1) is 36.2. The van der Waals surface area contributed by atoms with E-state index in [1.807, 2.05) is 25.1 Å². The largest absolute Gasteiger partial charge is 0.361 e. The summed E-state index contributed by atoms with van der Waals surface area (Å²) >= 11 is 0. The van der Waals surface area contributed by atoms with Gasteiger partial charge in [0, 0.05) is 24.8 Å². The third-order valence-corrected chi connectivity index (χ3v) is 8.99. The first-order valence-electron chi connectivity index (χ1n) is 13.5. The quantitative estimate of drug-likeness (QED) is 0.143. The minimum Gasteiger partial charge on any atom is -0.361 e. The normalized spacial score (nSPS) is 21.4. The van der Waals surface area contributed by atoms with Crippen molar-refractivity contribution >= 4 is 22.0 Å². The first-order chi connectivity index (χ1) is 19.9. The Hall–Kier alpha value is -2.02. The Balaban J connectivity index is 2.42. The Morgan fingerprint density at radius 1 is 1.29 bits per heavy atom. The summed E-state index contributed by atoms with van der Waals surface area (Å²) < 4.78 is 48.9. The van der Waals surface area contributed by atoms with Crippen LogP contribution < -0.4 is 22.1 Å². The predicted octanol–water partition coefficient (Wildman–Crippen LogP) is 0.963. The summed E-state index contributed by atoms with van der Waals surface area (Å²) in [6.45, 7) is 5.82. The Kier molecular flexibility index (Phi) is 15.5. The van der Waals surface area contributed by atoms with Gasteiger partial charge < -0.3 is 37.8 Å². The highest BCUT2D eigenvalue weighted by atomic mass is 31.2. The fourth-order valence-corrected chi connectivity index (χ4v) is 6.58. The second-order valence-electron chi connectivity index (χ2n) is 9.53. The topological polar surface area (TPSA) is 209 Å². The molecule has 0 bridgehead atoms. The van der Waals surface area contributed by atoms with Gasteiger partial charge in [0.1, 0.15) is 18.8 Å². The van der Waals surface area contributed by atoms with E-state index < -0.39 is 64.4 Å². The second kappa shape index (κ2) is 17.9. The number of amides is 1. The number of carbonyl (C=O) groups is 1. The van der Waals surface area contributed by atoms with Gasteiger partial charge in [-0.25, -0.2) is 4.79 Å². The van der Waals surface area contributed by atoms with Gasteiger partial charge in [-0.2, -0.15) is 5.26 Å². The average molecular weight is 637 g/mol. The van der Waals surface area contributed by atoms with E-state index in [2.05, 4.69) is 10.3 Å². The molecule has 0 saturated carbocycles. The maximum Gasteiger partial charge on any atom is 0.330 e. The number of nitriles is 1. The summed E-state index contributed by atoms with van der Waals surface area (Å²) in [5.41, 5.74) is 5.00. The highest BCUT2D eigenvalue weighted by molar-refractivity contribution is 7.53. The zero-order valence-corrected chi connectivity index (χ0v) is 26.4. The maximum atomic E-state index is 13.2. The number of H-pyrrole nitrogens is 1. The summed E-state index contributed by atoms with van der Waals surface area (Å²) in [4.78, 5) is 41.6.